The molecule has 5 heteroatoms. The summed E-state index contributed by atoms with van der Waals surface area (Å²) in [4.78, 5) is 15.5. The van der Waals surface area contributed by atoms with E-state index in [9.17, 15) is 4.79 Å². The number of hydrogen-bond donors (Lipinski definition) is 2. The van der Waals surface area contributed by atoms with E-state index >= 15 is 0 Å². The summed E-state index contributed by atoms with van der Waals surface area (Å²) in [6, 6.07) is 15.5. The monoisotopic (exact) mass is 322 g/mol. The lowest BCUT2D eigenvalue weighted by molar-refractivity contribution is -0.130. The predicted octanol–water partition coefficient (Wildman–Crippen LogP) is 2.67. The zero-order chi connectivity index (χ0) is 16.4. The number of H-pyrrole nitrogens is 1. The van der Waals surface area contributed by atoms with E-state index in [-0.39, 0.29) is 12.5 Å². The van der Waals surface area contributed by atoms with Gasteiger partial charge < -0.3 is 19.8 Å². The van der Waals surface area contributed by atoms with Crippen LogP contribution in [0.3, 0.4) is 0 Å². The van der Waals surface area contributed by atoms with Crippen LogP contribution in [0.15, 0.2) is 54.7 Å². The zero-order valence-electron chi connectivity index (χ0n) is 13.1. The van der Waals surface area contributed by atoms with Crippen molar-refractivity contribution in [1.82, 2.24) is 10.3 Å². The molecule has 24 heavy (non-hydrogen) atoms. The van der Waals surface area contributed by atoms with Crippen LogP contribution in [0.4, 0.5) is 0 Å². The number of aromatic nitrogens is 1. The largest absolute Gasteiger partial charge is 0.485 e. The zero-order valence-corrected chi connectivity index (χ0v) is 13.1. The molecule has 5 nitrogen and oxygen atoms in total. The third-order valence-electron chi connectivity index (χ3n) is 4.17. The highest BCUT2D eigenvalue weighted by atomic mass is 16.6. The number of rotatable bonds is 4. The molecule has 0 aliphatic carbocycles. The molecular formula is C19H18N2O3. The summed E-state index contributed by atoms with van der Waals surface area (Å²) in [6.07, 6.45) is 2.15. The molecular weight excluding hydrogens is 304 g/mol. The maximum absolute atomic E-state index is 12.3. The van der Waals surface area contributed by atoms with Crippen molar-refractivity contribution in [2.75, 3.05) is 13.2 Å². The number of hydrogen-bond acceptors (Lipinski definition) is 3. The molecule has 2 N–H and O–H groups in total. The lowest BCUT2D eigenvalue weighted by Crippen LogP contribution is -2.44. The number of carbonyl (C=O) groups is 1. The van der Waals surface area contributed by atoms with E-state index in [2.05, 4.69) is 16.4 Å². The Morgan fingerprint density at radius 1 is 1.12 bits per heavy atom. The molecule has 2 heterocycles. The van der Waals surface area contributed by atoms with Crippen molar-refractivity contribution in [3.63, 3.8) is 0 Å². The van der Waals surface area contributed by atoms with E-state index in [1.807, 2.05) is 42.6 Å². The number of fused-ring (bicyclic) bond motifs is 2. The fourth-order valence-corrected chi connectivity index (χ4v) is 2.92. The lowest BCUT2D eigenvalue weighted by Gasteiger charge is -2.25. The van der Waals surface area contributed by atoms with E-state index in [4.69, 9.17) is 9.47 Å². The van der Waals surface area contributed by atoms with Crippen molar-refractivity contribution in [2.24, 2.45) is 0 Å². The van der Waals surface area contributed by atoms with E-state index in [0.717, 1.165) is 11.9 Å². The topological polar surface area (TPSA) is 63.4 Å². The average Bonchev–Trinajstić information content (AvgIpc) is 3.04. The highest BCUT2D eigenvalue weighted by Gasteiger charge is 2.26. The van der Waals surface area contributed by atoms with Crippen molar-refractivity contribution in [3.05, 3.63) is 60.3 Å². The number of carbonyl (C=O) groups excluding carboxylic acids is 1. The summed E-state index contributed by atoms with van der Waals surface area (Å²) in [5.41, 5.74) is 2.30. The molecule has 0 saturated heterocycles. The van der Waals surface area contributed by atoms with Gasteiger partial charge in [0.2, 0.25) is 6.10 Å². The molecule has 4 rings (SSSR count). The number of para-hydroxylation sites is 3. The van der Waals surface area contributed by atoms with Gasteiger partial charge in [0.15, 0.2) is 11.5 Å². The number of amides is 1. The Morgan fingerprint density at radius 3 is 2.83 bits per heavy atom. The first-order chi connectivity index (χ1) is 11.8. The maximum atomic E-state index is 12.3. The standard InChI is InChI=1S/C19H18N2O3/c22-19(18-12-23-16-7-3-4-8-17(16)24-18)20-10-9-13-11-21-15-6-2-1-5-14(13)15/h1-8,11,18,21H,9-10,12H2,(H,20,22)/t18-/m0/s1. The first-order valence-corrected chi connectivity index (χ1v) is 8.02. The maximum Gasteiger partial charge on any atom is 0.264 e. The lowest BCUT2D eigenvalue weighted by atomic mass is 10.1. The predicted molar refractivity (Wildman–Crippen MR) is 91.4 cm³/mol. The third-order valence-corrected chi connectivity index (χ3v) is 4.17. The fourth-order valence-electron chi connectivity index (χ4n) is 2.92. The van der Waals surface area contributed by atoms with Crippen LogP contribution >= 0.6 is 0 Å². The molecule has 0 bridgehead atoms. The molecule has 1 amide bonds. The molecule has 1 aromatic heterocycles. The number of nitrogens with one attached hydrogen (secondary N) is 2. The molecule has 0 saturated carbocycles. The van der Waals surface area contributed by atoms with Gasteiger partial charge in [-0.3, -0.25) is 4.79 Å². The Kier molecular flexibility index (Phi) is 3.83. The molecule has 2 aromatic carbocycles. The van der Waals surface area contributed by atoms with Gasteiger partial charge in [-0.15, -0.1) is 0 Å². The Hall–Kier alpha value is -2.95. The number of aromatic amines is 1. The van der Waals surface area contributed by atoms with Gasteiger partial charge in [-0.25, -0.2) is 0 Å². The Morgan fingerprint density at radius 2 is 1.92 bits per heavy atom. The second kappa shape index (κ2) is 6.28. The Balaban J connectivity index is 1.34. The van der Waals surface area contributed by atoms with Gasteiger partial charge in [-0.2, -0.15) is 0 Å². The third kappa shape index (κ3) is 2.80. The molecule has 1 aliphatic rings. The summed E-state index contributed by atoms with van der Waals surface area (Å²) >= 11 is 0. The minimum absolute atomic E-state index is 0.149. The van der Waals surface area contributed by atoms with Crippen LogP contribution in [0.2, 0.25) is 0 Å². The quantitative estimate of drug-likeness (QED) is 0.776. The normalized spacial score (nSPS) is 16.1. The Labute approximate surface area is 139 Å². The number of ether oxygens (including phenoxy) is 2. The summed E-state index contributed by atoms with van der Waals surface area (Å²) in [7, 11) is 0. The molecule has 0 spiro atoms. The van der Waals surface area contributed by atoms with Crippen LogP contribution in [0.25, 0.3) is 10.9 Å². The van der Waals surface area contributed by atoms with Gasteiger partial charge in [0, 0.05) is 23.6 Å². The smallest absolute Gasteiger partial charge is 0.264 e. The van der Waals surface area contributed by atoms with Crippen LogP contribution in [-0.4, -0.2) is 30.1 Å². The van der Waals surface area contributed by atoms with E-state index in [1.54, 1.807) is 6.07 Å². The second-order valence-electron chi connectivity index (χ2n) is 5.76. The van der Waals surface area contributed by atoms with Gasteiger partial charge in [0.25, 0.3) is 5.91 Å². The molecule has 0 radical (unpaired) electrons. The van der Waals surface area contributed by atoms with Gasteiger partial charge in [0.1, 0.15) is 6.61 Å². The molecule has 122 valence electrons. The van der Waals surface area contributed by atoms with E-state index in [0.29, 0.717) is 18.0 Å². The van der Waals surface area contributed by atoms with E-state index < -0.39 is 6.10 Å². The van der Waals surface area contributed by atoms with Crippen molar-refractivity contribution in [1.29, 1.82) is 0 Å². The van der Waals surface area contributed by atoms with Gasteiger partial charge in [-0.05, 0) is 30.2 Å². The first kappa shape index (κ1) is 14.6. The van der Waals surface area contributed by atoms with Crippen molar-refractivity contribution in [2.45, 2.75) is 12.5 Å². The van der Waals surface area contributed by atoms with Crippen molar-refractivity contribution < 1.29 is 14.3 Å². The van der Waals surface area contributed by atoms with Crippen LogP contribution in [0.1, 0.15) is 5.56 Å². The molecule has 1 atom stereocenters. The minimum Gasteiger partial charge on any atom is -0.485 e. The van der Waals surface area contributed by atoms with Crippen LogP contribution in [0, 0.1) is 0 Å². The van der Waals surface area contributed by atoms with Crippen LogP contribution < -0.4 is 14.8 Å². The Bertz CT molecular complexity index is 872. The van der Waals surface area contributed by atoms with Gasteiger partial charge in [-0.1, -0.05) is 30.3 Å². The summed E-state index contributed by atoms with van der Waals surface area (Å²) in [6.45, 7) is 0.790. The summed E-state index contributed by atoms with van der Waals surface area (Å²) in [5.74, 6) is 1.14. The minimum atomic E-state index is -0.608. The first-order valence-electron chi connectivity index (χ1n) is 8.02. The highest BCUT2D eigenvalue weighted by Crippen LogP contribution is 2.30. The summed E-state index contributed by atoms with van der Waals surface area (Å²) < 4.78 is 11.3. The average molecular weight is 322 g/mol. The second-order valence-corrected chi connectivity index (χ2v) is 5.76. The molecule has 0 unspecified atom stereocenters. The van der Waals surface area contributed by atoms with Gasteiger partial charge >= 0.3 is 0 Å². The van der Waals surface area contributed by atoms with E-state index in [1.165, 1.54) is 10.9 Å². The van der Waals surface area contributed by atoms with Crippen molar-refractivity contribution >= 4 is 16.8 Å². The fraction of sp³-hybridized carbons (Fsp3) is 0.211. The highest BCUT2D eigenvalue weighted by molar-refractivity contribution is 5.84. The van der Waals surface area contributed by atoms with Crippen LogP contribution in [-0.2, 0) is 11.2 Å². The molecule has 3 aromatic rings. The number of benzene rings is 2. The van der Waals surface area contributed by atoms with Gasteiger partial charge in [0.05, 0.1) is 0 Å². The molecule has 0 fully saturated rings. The summed E-state index contributed by atoms with van der Waals surface area (Å²) in [5, 5.41) is 4.12. The van der Waals surface area contributed by atoms with Crippen molar-refractivity contribution in [3.8, 4) is 11.5 Å². The molecule has 1 aliphatic heterocycles. The SMILES string of the molecule is O=C(NCCc1c[nH]c2ccccc12)[C@@H]1COc2ccccc2O1. The van der Waals surface area contributed by atoms with Crippen LogP contribution in [0.5, 0.6) is 11.5 Å².